The summed E-state index contributed by atoms with van der Waals surface area (Å²) in [6.45, 7) is 2.97. The Morgan fingerprint density at radius 2 is 2.10 bits per heavy atom. The van der Waals surface area contributed by atoms with Crippen molar-refractivity contribution in [3.8, 4) is 17.5 Å². The van der Waals surface area contributed by atoms with Crippen LogP contribution in [0.25, 0.3) is 0 Å². The maximum absolute atomic E-state index is 13.7. The molecular weight excluding hydrogens is 423 g/mol. The summed E-state index contributed by atoms with van der Waals surface area (Å²) in [5.41, 5.74) is 1.01. The predicted octanol–water partition coefficient (Wildman–Crippen LogP) is 4.17. The second kappa shape index (κ2) is 9.45. The highest BCUT2D eigenvalue weighted by Crippen LogP contribution is 2.33. The number of aliphatic hydroxyl groups excluding tert-OH is 1. The smallest absolute Gasteiger partial charge is 0.232 e. The number of ether oxygens (including phenoxy) is 2. The third-order valence-electron chi connectivity index (χ3n) is 5.09. The lowest BCUT2D eigenvalue weighted by Gasteiger charge is -2.21. The van der Waals surface area contributed by atoms with E-state index in [1.165, 1.54) is 24.5 Å². The van der Waals surface area contributed by atoms with Crippen molar-refractivity contribution in [3.05, 3.63) is 64.8 Å². The van der Waals surface area contributed by atoms with Gasteiger partial charge in [0.15, 0.2) is 0 Å². The minimum Gasteiger partial charge on any atom is -0.471 e. The Kier molecular flexibility index (Phi) is 6.48. The number of halogens is 2. The summed E-state index contributed by atoms with van der Waals surface area (Å²) >= 11 is 6.16. The number of hydrogen-bond acceptors (Lipinski definition) is 7. The van der Waals surface area contributed by atoms with E-state index in [0.717, 1.165) is 24.3 Å². The molecule has 3 aromatic rings. The molecule has 31 heavy (non-hydrogen) atoms. The van der Waals surface area contributed by atoms with E-state index in [1.54, 1.807) is 18.3 Å². The summed E-state index contributed by atoms with van der Waals surface area (Å²) in [6.07, 6.45) is 4.47. The molecule has 0 saturated carbocycles. The second-order valence-corrected chi connectivity index (χ2v) is 7.52. The van der Waals surface area contributed by atoms with Crippen LogP contribution < -0.4 is 14.4 Å². The van der Waals surface area contributed by atoms with Crippen LogP contribution in [0.1, 0.15) is 24.5 Å². The van der Waals surface area contributed by atoms with Crippen LogP contribution in [0.15, 0.2) is 42.9 Å². The molecule has 3 heterocycles. The average molecular weight is 445 g/mol. The molecule has 0 spiro atoms. The number of aliphatic hydroxyl groups is 1. The summed E-state index contributed by atoms with van der Waals surface area (Å²) in [7, 11) is 0. The Morgan fingerprint density at radius 1 is 1.23 bits per heavy atom. The Balaban J connectivity index is 1.52. The number of nitrogens with zero attached hydrogens (tertiary/aromatic N) is 4. The zero-order valence-corrected chi connectivity index (χ0v) is 17.7. The zero-order valence-electron chi connectivity index (χ0n) is 17.0. The van der Waals surface area contributed by atoms with Crippen LogP contribution >= 0.6 is 11.6 Å². The molecule has 0 unspecified atom stereocenters. The van der Waals surface area contributed by atoms with Crippen molar-refractivity contribution < 1.29 is 19.0 Å². The third kappa shape index (κ3) is 4.70. The first-order valence-corrected chi connectivity index (χ1v) is 10.4. The van der Waals surface area contributed by atoms with Crippen LogP contribution in [0.3, 0.4) is 0 Å². The van der Waals surface area contributed by atoms with Crippen molar-refractivity contribution in [2.45, 2.75) is 32.5 Å². The molecule has 4 rings (SSSR count). The quantitative estimate of drug-likeness (QED) is 0.585. The normalized spacial score (nSPS) is 15.9. The van der Waals surface area contributed by atoms with E-state index in [0.29, 0.717) is 35.5 Å². The minimum absolute atomic E-state index is 0.0688. The van der Waals surface area contributed by atoms with Crippen LogP contribution in [0.2, 0.25) is 5.02 Å². The summed E-state index contributed by atoms with van der Waals surface area (Å²) in [6, 6.07) is 7.74. The molecule has 1 fully saturated rings. The topological polar surface area (TPSA) is 80.6 Å². The first kappa shape index (κ1) is 21.3. The average Bonchev–Trinajstić information content (AvgIpc) is 3.25. The summed E-state index contributed by atoms with van der Waals surface area (Å²) in [5.74, 6) is 1.52. The molecule has 0 radical (unpaired) electrons. The molecule has 1 aromatic carbocycles. The number of rotatable bonds is 7. The molecule has 9 heteroatoms. The van der Waals surface area contributed by atoms with Crippen LogP contribution in [-0.2, 0) is 13.0 Å². The van der Waals surface area contributed by atoms with E-state index in [-0.39, 0.29) is 11.7 Å². The molecule has 162 valence electrons. The maximum Gasteiger partial charge on any atom is 0.232 e. The third-order valence-corrected chi connectivity index (χ3v) is 5.37. The number of pyridine rings is 1. The Labute approximate surface area is 184 Å². The highest BCUT2D eigenvalue weighted by Gasteiger charge is 2.28. The van der Waals surface area contributed by atoms with Gasteiger partial charge < -0.3 is 19.5 Å². The number of hydrogen-bond donors (Lipinski definition) is 1. The predicted molar refractivity (Wildman–Crippen MR) is 114 cm³/mol. The summed E-state index contributed by atoms with van der Waals surface area (Å²) < 4.78 is 25.6. The molecule has 0 aliphatic carbocycles. The van der Waals surface area contributed by atoms with Crippen molar-refractivity contribution in [1.82, 2.24) is 15.0 Å². The second-order valence-electron chi connectivity index (χ2n) is 7.11. The molecule has 0 amide bonds. The van der Waals surface area contributed by atoms with Crippen LogP contribution in [0.4, 0.5) is 10.2 Å². The molecule has 0 bridgehead atoms. The van der Waals surface area contributed by atoms with E-state index in [1.807, 2.05) is 6.92 Å². The standard InChI is InChI=1S/C22H22ClFN4O3/c1-2-17-20(28-9-7-16(11-28)31-22-18(23)4-3-8-25-22)26-13-27-21(17)30-15-5-6-19(24)14(10-15)12-29/h3-6,8,10,13,16,29H,2,7,9,11-12H2,1H3/t16-/m0/s1. The van der Waals surface area contributed by atoms with Gasteiger partial charge in [0, 0.05) is 24.7 Å². The van der Waals surface area contributed by atoms with E-state index < -0.39 is 12.4 Å². The lowest BCUT2D eigenvalue weighted by molar-refractivity contribution is 0.216. The maximum atomic E-state index is 13.7. The van der Waals surface area contributed by atoms with Crippen molar-refractivity contribution in [1.29, 1.82) is 0 Å². The number of aromatic nitrogens is 3. The minimum atomic E-state index is -0.481. The first-order chi connectivity index (χ1) is 15.1. The molecular formula is C22H22ClFN4O3. The van der Waals surface area contributed by atoms with E-state index in [2.05, 4.69) is 19.9 Å². The van der Waals surface area contributed by atoms with Gasteiger partial charge in [0.05, 0.1) is 18.7 Å². The monoisotopic (exact) mass is 444 g/mol. The first-order valence-electron chi connectivity index (χ1n) is 10.0. The fourth-order valence-corrected chi connectivity index (χ4v) is 3.70. The van der Waals surface area contributed by atoms with Gasteiger partial charge in [-0.15, -0.1) is 0 Å². The van der Waals surface area contributed by atoms with Crippen LogP contribution in [0.5, 0.6) is 17.5 Å². The fourth-order valence-electron chi connectivity index (χ4n) is 3.54. The molecule has 7 nitrogen and oxygen atoms in total. The SMILES string of the molecule is CCc1c(Oc2ccc(F)c(CO)c2)ncnc1N1CC[C@H](Oc2ncccc2Cl)C1. The Bertz CT molecular complexity index is 1070. The molecule has 1 saturated heterocycles. The number of anilines is 1. The Morgan fingerprint density at radius 3 is 2.87 bits per heavy atom. The lowest BCUT2D eigenvalue weighted by Crippen LogP contribution is -2.26. The highest BCUT2D eigenvalue weighted by molar-refractivity contribution is 6.31. The van der Waals surface area contributed by atoms with Crippen LogP contribution in [-0.4, -0.2) is 39.3 Å². The van der Waals surface area contributed by atoms with Crippen molar-refractivity contribution in [2.24, 2.45) is 0 Å². The van der Waals surface area contributed by atoms with E-state index in [4.69, 9.17) is 21.1 Å². The molecule has 1 aliphatic rings. The van der Waals surface area contributed by atoms with Gasteiger partial charge in [-0.25, -0.2) is 19.3 Å². The van der Waals surface area contributed by atoms with Gasteiger partial charge in [0.1, 0.15) is 34.8 Å². The molecule has 2 aromatic heterocycles. The van der Waals surface area contributed by atoms with Gasteiger partial charge in [-0.2, -0.15) is 0 Å². The molecule has 1 N–H and O–H groups in total. The van der Waals surface area contributed by atoms with Gasteiger partial charge in [-0.05, 0) is 36.8 Å². The van der Waals surface area contributed by atoms with E-state index in [9.17, 15) is 9.50 Å². The fraction of sp³-hybridized carbons (Fsp3) is 0.318. The van der Waals surface area contributed by atoms with Crippen molar-refractivity contribution >= 4 is 17.4 Å². The highest BCUT2D eigenvalue weighted by atomic mass is 35.5. The van der Waals surface area contributed by atoms with E-state index >= 15 is 0 Å². The molecule has 1 aliphatic heterocycles. The largest absolute Gasteiger partial charge is 0.471 e. The van der Waals surface area contributed by atoms with Crippen molar-refractivity contribution in [3.63, 3.8) is 0 Å². The zero-order chi connectivity index (χ0) is 21.8. The van der Waals surface area contributed by atoms with Crippen LogP contribution in [0, 0.1) is 5.82 Å². The summed E-state index contributed by atoms with van der Waals surface area (Å²) in [4.78, 5) is 15.1. The Hall–Kier alpha value is -2.97. The van der Waals surface area contributed by atoms with Gasteiger partial charge >= 0.3 is 0 Å². The summed E-state index contributed by atoms with van der Waals surface area (Å²) in [5, 5.41) is 9.77. The van der Waals surface area contributed by atoms with Gasteiger partial charge in [0.25, 0.3) is 0 Å². The van der Waals surface area contributed by atoms with Crippen molar-refractivity contribution in [2.75, 3.05) is 18.0 Å². The molecule has 1 atom stereocenters. The number of benzene rings is 1. The van der Waals surface area contributed by atoms with Gasteiger partial charge in [0.2, 0.25) is 11.8 Å². The lowest BCUT2D eigenvalue weighted by atomic mass is 10.2. The van der Waals surface area contributed by atoms with Gasteiger partial charge in [-0.3, -0.25) is 0 Å². The van der Waals surface area contributed by atoms with Gasteiger partial charge in [-0.1, -0.05) is 18.5 Å².